The van der Waals surface area contributed by atoms with E-state index >= 15 is 0 Å². The van der Waals surface area contributed by atoms with Crippen molar-refractivity contribution >= 4 is 40.1 Å². The first-order valence-electron chi connectivity index (χ1n) is 11.3. The second-order valence-electron chi connectivity index (χ2n) is 8.22. The molecule has 3 heterocycles. The van der Waals surface area contributed by atoms with Crippen LogP contribution in [0.4, 0.5) is 24.1 Å². The van der Waals surface area contributed by atoms with Crippen LogP contribution in [-0.2, 0) is 10.9 Å². The van der Waals surface area contributed by atoms with Crippen LogP contribution in [0.15, 0.2) is 42.6 Å². The molecular formula is C24H22F3N5O5S. The molecule has 0 spiro atoms. The van der Waals surface area contributed by atoms with Gasteiger partial charge >= 0.3 is 12.1 Å². The summed E-state index contributed by atoms with van der Waals surface area (Å²) in [5.74, 6) is -2.46. The number of aromatic nitrogens is 2. The van der Waals surface area contributed by atoms with Crippen LogP contribution in [0.5, 0.6) is 5.75 Å². The number of carbonyl (C=O) groups is 3. The van der Waals surface area contributed by atoms with Crippen molar-refractivity contribution in [1.82, 2.24) is 15.3 Å². The van der Waals surface area contributed by atoms with Gasteiger partial charge in [-0.15, -0.1) is 0 Å². The number of carbonyl (C=O) groups excluding carboxylic acids is 3. The van der Waals surface area contributed by atoms with Crippen LogP contribution in [0, 0.1) is 0 Å². The number of nitrogen functional groups attached to an aromatic ring is 1. The van der Waals surface area contributed by atoms with E-state index in [0.29, 0.717) is 31.1 Å². The van der Waals surface area contributed by atoms with Gasteiger partial charge in [-0.2, -0.15) is 13.2 Å². The summed E-state index contributed by atoms with van der Waals surface area (Å²) in [7, 11) is 1.21. The zero-order valence-electron chi connectivity index (χ0n) is 19.9. The Hall–Kier alpha value is -4.20. The Bertz CT molecular complexity index is 1340. The highest BCUT2D eigenvalue weighted by molar-refractivity contribution is 7.18. The molecule has 0 bridgehead atoms. The maximum absolute atomic E-state index is 13.2. The molecule has 0 unspecified atom stereocenters. The number of hydrogen-bond donors (Lipinski definition) is 2. The molecule has 2 aromatic heterocycles. The van der Waals surface area contributed by atoms with Gasteiger partial charge in [-0.3, -0.25) is 19.9 Å². The number of alkyl halides is 3. The number of nitrogens with zero attached hydrogens (tertiary/aromatic N) is 3. The van der Waals surface area contributed by atoms with E-state index in [0.717, 1.165) is 23.6 Å². The van der Waals surface area contributed by atoms with Gasteiger partial charge in [0.2, 0.25) is 0 Å². The minimum atomic E-state index is -4.52. The first-order valence-corrected chi connectivity index (χ1v) is 12.1. The molecule has 14 heteroatoms. The lowest BCUT2D eigenvalue weighted by molar-refractivity contribution is -0.139. The maximum Gasteiger partial charge on any atom is 0.419 e. The summed E-state index contributed by atoms with van der Waals surface area (Å²) in [6, 6.07) is 7.69. The largest absolute Gasteiger partial charge is 0.490 e. The molecule has 1 fully saturated rings. The van der Waals surface area contributed by atoms with Crippen LogP contribution < -0.4 is 20.7 Å². The topological polar surface area (TPSA) is 137 Å². The summed E-state index contributed by atoms with van der Waals surface area (Å²) in [6.07, 6.45) is -2.93. The zero-order chi connectivity index (χ0) is 27.4. The third kappa shape index (κ3) is 6.02. The summed E-state index contributed by atoms with van der Waals surface area (Å²) in [4.78, 5) is 46.5. The van der Waals surface area contributed by atoms with E-state index in [4.69, 9.17) is 10.5 Å². The Kier molecular flexibility index (Phi) is 7.80. The number of hydrogen-bond acceptors (Lipinski definition) is 10. The quantitative estimate of drug-likeness (QED) is 0.349. The fourth-order valence-electron chi connectivity index (χ4n) is 3.76. The van der Waals surface area contributed by atoms with Gasteiger partial charge in [-0.25, -0.2) is 9.78 Å². The summed E-state index contributed by atoms with van der Waals surface area (Å²) in [6.45, 7) is 0.838. The molecule has 0 aliphatic carbocycles. The highest BCUT2D eigenvalue weighted by Gasteiger charge is 2.35. The molecule has 0 atom stereocenters. The molecule has 1 aromatic carbocycles. The number of imide groups is 1. The van der Waals surface area contributed by atoms with E-state index in [9.17, 15) is 27.6 Å². The minimum Gasteiger partial charge on any atom is -0.490 e. The predicted molar refractivity (Wildman–Crippen MR) is 131 cm³/mol. The van der Waals surface area contributed by atoms with Gasteiger partial charge in [0, 0.05) is 32.1 Å². The molecule has 0 saturated carbocycles. The van der Waals surface area contributed by atoms with Gasteiger partial charge in [0.1, 0.15) is 28.2 Å². The number of esters is 1. The fourth-order valence-corrected chi connectivity index (χ4v) is 4.69. The van der Waals surface area contributed by atoms with Crippen molar-refractivity contribution in [2.45, 2.75) is 25.1 Å². The van der Waals surface area contributed by atoms with E-state index < -0.39 is 35.6 Å². The lowest BCUT2D eigenvalue weighted by atomic mass is 10.1. The third-order valence-corrected chi connectivity index (χ3v) is 6.82. The number of pyridine rings is 1. The van der Waals surface area contributed by atoms with E-state index in [1.807, 2.05) is 4.90 Å². The fraction of sp³-hybridized carbons (Fsp3) is 0.292. The van der Waals surface area contributed by atoms with Crippen LogP contribution in [0.2, 0.25) is 0 Å². The summed E-state index contributed by atoms with van der Waals surface area (Å²) < 4.78 is 50.0. The lowest BCUT2D eigenvalue weighted by Gasteiger charge is -2.32. The van der Waals surface area contributed by atoms with E-state index in [-0.39, 0.29) is 27.7 Å². The normalized spacial score (nSPS) is 14.2. The highest BCUT2D eigenvalue weighted by atomic mass is 32.1. The molecule has 3 N–H and O–H groups in total. The van der Waals surface area contributed by atoms with E-state index in [1.165, 1.54) is 37.4 Å². The monoisotopic (exact) mass is 549 g/mol. The number of ether oxygens (including phenoxy) is 2. The number of thiazole rings is 1. The second kappa shape index (κ2) is 11.0. The van der Waals surface area contributed by atoms with Crippen LogP contribution >= 0.6 is 11.3 Å². The number of halogens is 3. The van der Waals surface area contributed by atoms with Gasteiger partial charge in [0.15, 0.2) is 5.13 Å². The van der Waals surface area contributed by atoms with Crippen molar-refractivity contribution < 1.29 is 37.0 Å². The summed E-state index contributed by atoms with van der Waals surface area (Å²) in [5, 5.41) is 2.63. The molecule has 10 nitrogen and oxygen atoms in total. The Morgan fingerprint density at radius 3 is 2.45 bits per heavy atom. The van der Waals surface area contributed by atoms with Crippen LogP contribution in [0.1, 0.15) is 48.9 Å². The lowest BCUT2D eigenvalue weighted by Crippen LogP contribution is -2.38. The molecule has 38 heavy (non-hydrogen) atoms. The van der Waals surface area contributed by atoms with E-state index in [2.05, 4.69) is 20.0 Å². The van der Waals surface area contributed by atoms with Gasteiger partial charge in [-0.05, 0) is 24.3 Å². The van der Waals surface area contributed by atoms with Crippen molar-refractivity contribution in [3.63, 3.8) is 0 Å². The Morgan fingerprint density at radius 2 is 1.82 bits per heavy atom. The van der Waals surface area contributed by atoms with Gasteiger partial charge in [-0.1, -0.05) is 23.5 Å². The molecule has 1 aliphatic rings. The standard InChI is InChI=1S/C24H22F3N5O5S/c1-36-22(35)13-6-7-16(29-12-13)20(33)31-21(34)18-19(28)30-23(38-18)32-10-8-14(9-11-32)37-17-5-3-2-4-15(17)24(25,26)27/h2-7,12,14H,8-11,28H2,1H3,(H,31,33,34). The Morgan fingerprint density at radius 1 is 1.11 bits per heavy atom. The summed E-state index contributed by atoms with van der Waals surface area (Å²) in [5.41, 5.74) is 5.15. The van der Waals surface area contributed by atoms with E-state index in [1.54, 1.807) is 0 Å². The molecular weight excluding hydrogens is 527 g/mol. The van der Waals surface area contributed by atoms with Gasteiger partial charge in [0.05, 0.1) is 18.2 Å². The maximum atomic E-state index is 13.2. The van der Waals surface area contributed by atoms with Crippen LogP contribution in [0.3, 0.4) is 0 Å². The van der Waals surface area contributed by atoms with Crippen molar-refractivity contribution in [3.05, 3.63) is 64.3 Å². The van der Waals surface area contributed by atoms with Crippen LogP contribution in [-0.4, -0.2) is 54.1 Å². The van der Waals surface area contributed by atoms with Gasteiger partial charge in [0.25, 0.3) is 11.8 Å². The molecule has 3 aromatic rings. The highest BCUT2D eigenvalue weighted by Crippen LogP contribution is 2.37. The van der Waals surface area contributed by atoms with Crippen molar-refractivity contribution in [2.24, 2.45) is 0 Å². The average Bonchev–Trinajstić information content (AvgIpc) is 3.30. The minimum absolute atomic E-state index is 0.0250. The molecule has 4 rings (SSSR count). The number of methoxy groups -OCH3 is 1. The number of rotatable bonds is 6. The van der Waals surface area contributed by atoms with Crippen molar-refractivity contribution in [2.75, 3.05) is 30.8 Å². The SMILES string of the molecule is COC(=O)c1ccc(C(=O)NC(=O)c2sc(N3CCC(Oc4ccccc4C(F)(F)F)CC3)nc2N)nc1. The number of nitrogens with two attached hydrogens (primary N) is 1. The number of nitrogens with one attached hydrogen (secondary N) is 1. The third-order valence-electron chi connectivity index (χ3n) is 5.69. The summed E-state index contributed by atoms with van der Waals surface area (Å²) >= 11 is 0.986. The Balaban J connectivity index is 1.36. The first-order chi connectivity index (χ1) is 18.1. The number of piperidine rings is 1. The number of benzene rings is 1. The molecule has 0 radical (unpaired) electrons. The predicted octanol–water partition coefficient (Wildman–Crippen LogP) is 3.54. The molecule has 1 saturated heterocycles. The van der Waals surface area contributed by atoms with Gasteiger partial charge < -0.3 is 20.1 Å². The van der Waals surface area contributed by atoms with Crippen molar-refractivity contribution in [3.8, 4) is 5.75 Å². The molecule has 1 aliphatic heterocycles. The Labute approximate surface area is 218 Å². The number of amides is 2. The molecule has 2 amide bonds. The number of para-hydroxylation sites is 1. The van der Waals surface area contributed by atoms with Crippen molar-refractivity contribution in [1.29, 1.82) is 0 Å². The first kappa shape index (κ1) is 26.9. The van der Waals surface area contributed by atoms with Crippen LogP contribution in [0.25, 0.3) is 0 Å². The zero-order valence-corrected chi connectivity index (χ0v) is 20.8. The molecule has 200 valence electrons. The smallest absolute Gasteiger partial charge is 0.419 e. The average molecular weight is 550 g/mol. The second-order valence-corrected chi connectivity index (χ2v) is 9.19. The number of anilines is 2.